The van der Waals surface area contributed by atoms with E-state index < -0.39 is 0 Å². The summed E-state index contributed by atoms with van der Waals surface area (Å²) in [7, 11) is 1.68. The summed E-state index contributed by atoms with van der Waals surface area (Å²) in [5.74, 6) is 0.919. The van der Waals surface area contributed by atoms with Crippen molar-refractivity contribution in [2.75, 3.05) is 13.7 Å². The normalized spacial score (nSPS) is 10.2. The topological polar surface area (TPSA) is 94.1 Å². The maximum absolute atomic E-state index is 7.23. The first-order valence-corrected chi connectivity index (χ1v) is 6.11. The lowest BCUT2D eigenvalue weighted by atomic mass is 10.1. The number of nitrogens with zero attached hydrogens (tertiary/aromatic N) is 2. The SMILES string of the molecule is COCCc1ccc(Oc2cnc(C(=N)N)cn2)cc1. The second-order valence-electron chi connectivity index (χ2n) is 4.14. The first-order chi connectivity index (χ1) is 9.69. The molecule has 0 radical (unpaired) electrons. The van der Waals surface area contributed by atoms with Crippen LogP contribution in [0.4, 0.5) is 0 Å². The Labute approximate surface area is 117 Å². The van der Waals surface area contributed by atoms with E-state index in [0.717, 1.165) is 6.42 Å². The van der Waals surface area contributed by atoms with E-state index in [1.165, 1.54) is 18.0 Å². The number of methoxy groups -OCH3 is 1. The molecule has 6 heteroatoms. The third-order valence-electron chi connectivity index (χ3n) is 2.64. The van der Waals surface area contributed by atoms with E-state index in [4.69, 9.17) is 20.6 Å². The molecule has 20 heavy (non-hydrogen) atoms. The molecule has 0 atom stereocenters. The minimum Gasteiger partial charge on any atom is -0.438 e. The van der Waals surface area contributed by atoms with Crippen LogP contribution in [0.1, 0.15) is 11.3 Å². The predicted molar refractivity (Wildman–Crippen MR) is 75.1 cm³/mol. The molecule has 0 saturated heterocycles. The number of hydrogen-bond acceptors (Lipinski definition) is 5. The molecule has 2 rings (SSSR count). The zero-order chi connectivity index (χ0) is 14.4. The van der Waals surface area contributed by atoms with Crippen molar-refractivity contribution in [1.29, 1.82) is 5.41 Å². The maximum Gasteiger partial charge on any atom is 0.237 e. The second-order valence-corrected chi connectivity index (χ2v) is 4.14. The molecule has 0 fully saturated rings. The number of nitrogens with one attached hydrogen (secondary N) is 1. The van der Waals surface area contributed by atoms with Gasteiger partial charge in [-0.15, -0.1) is 0 Å². The van der Waals surface area contributed by atoms with Crippen LogP contribution in [0.2, 0.25) is 0 Å². The van der Waals surface area contributed by atoms with Crippen LogP contribution in [-0.4, -0.2) is 29.5 Å². The summed E-state index contributed by atoms with van der Waals surface area (Å²) < 4.78 is 10.6. The van der Waals surface area contributed by atoms with Gasteiger partial charge >= 0.3 is 0 Å². The molecule has 1 aromatic carbocycles. The number of aromatic nitrogens is 2. The largest absolute Gasteiger partial charge is 0.438 e. The smallest absolute Gasteiger partial charge is 0.237 e. The Morgan fingerprint density at radius 1 is 1.20 bits per heavy atom. The molecule has 3 N–H and O–H groups in total. The highest BCUT2D eigenvalue weighted by atomic mass is 16.5. The van der Waals surface area contributed by atoms with E-state index in [-0.39, 0.29) is 5.84 Å². The number of nitrogens with two attached hydrogens (primary N) is 1. The van der Waals surface area contributed by atoms with Crippen LogP contribution >= 0.6 is 0 Å². The fourth-order valence-corrected chi connectivity index (χ4v) is 1.57. The van der Waals surface area contributed by atoms with Crippen LogP contribution in [-0.2, 0) is 11.2 Å². The molecular formula is C14H16N4O2. The van der Waals surface area contributed by atoms with Gasteiger partial charge in [-0.3, -0.25) is 5.41 Å². The number of rotatable bonds is 6. The van der Waals surface area contributed by atoms with E-state index in [0.29, 0.717) is 23.9 Å². The lowest BCUT2D eigenvalue weighted by Gasteiger charge is -2.06. The molecule has 0 aliphatic rings. The lowest BCUT2D eigenvalue weighted by molar-refractivity contribution is 0.202. The fraction of sp³-hybridized carbons (Fsp3) is 0.214. The van der Waals surface area contributed by atoms with Crippen molar-refractivity contribution in [3.05, 3.63) is 47.9 Å². The number of benzene rings is 1. The van der Waals surface area contributed by atoms with Gasteiger partial charge in [0.1, 0.15) is 17.3 Å². The Morgan fingerprint density at radius 3 is 2.50 bits per heavy atom. The van der Waals surface area contributed by atoms with Gasteiger partial charge in [0.05, 0.1) is 19.0 Å². The summed E-state index contributed by atoms with van der Waals surface area (Å²) in [5.41, 5.74) is 6.81. The highest BCUT2D eigenvalue weighted by Gasteiger charge is 2.02. The highest BCUT2D eigenvalue weighted by molar-refractivity contribution is 5.92. The van der Waals surface area contributed by atoms with Crippen molar-refractivity contribution >= 4 is 5.84 Å². The molecule has 6 nitrogen and oxygen atoms in total. The monoisotopic (exact) mass is 272 g/mol. The predicted octanol–water partition coefficient (Wildman–Crippen LogP) is 1.74. The molecule has 0 spiro atoms. The zero-order valence-corrected chi connectivity index (χ0v) is 11.2. The lowest BCUT2D eigenvalue weighted by Crippen LogP contribution is -2.13. The van der Waals surface area contributed by atoms with Crippen molar-refractivity contribution in [1.82, 2.24) is 9.97 Å². The van der Waals surface area contributed by atoms with Gasteiger partial charge in [-0.05, 0) is 24.1 Å². The van der Waals surface area contributed by atoms with Crippen molar-refractivity contribution in [2.45, 2.75) is 6.42 Å². The minimum atomic E-state index is -0.119. The zero-order valence-electron chi connectivity index (χ0n) is 11.2. The van der Waals surface area contributed by atoms with E-state index in [1.807, 2.05) is 24.3 Å². The standard InChI is InChI=1S/C14H16N4O2/c1-19-7-6-10-2-4-11(5-3-10)20-13-9-17-12(8-18-13)14(15)16/h2-5,8-9H,6-7H2,1H3,(H3,15,16). The van der Waals surface area contributed by atoms with Gasteiger partial charge in [-0.25, -0.2) is 9.97 Å². The summed E-state index contributed by atoms with van der Waals surface area (Å²) in [6.07, 6.45) is 3.71. The molecule has 104 valence electrons. The average molecular weight is 272 g/mol. The molecular weight excluding hydrogens is 256 g/mol. The molecule has 0 saturated carbocycles. The van der Waals surface area contributed by atoms with Gasteiger partial charge in [0, 0.05) is 7.11 Å². The Bertz CT molecular complexity index is 567. The van der Waals surface area contributed by atoms with Crippen LogP contribution in [0.5, 0.6) is 11.6 Å². The van der Waals surface area contributed by atoms with Crippen molar-refractivity contribution in [3.8, 4) is 11.6 Å². The van der Waals surface area contributed by atoms with Crippen LogP contribution in [0.15, 0.2) is 36.7 Å². The van der Waals surface area contributed by atoms with E-state index in [1.54, 1.807) is 7.11 Å². The number of nitrogen functional groups attached to an aromatic ring is 1. The average Bonchev–Trinajstić information content (AvgIpc) is 2.47. The molecule has 2 aromatic rings. The quantitative estimate of drug-likeness (QED) is 0.617. The molecule has 0 aliphatic carbocycles. The minimum absolute atomic E-state index is 0.119. The third-order valence-corrected chi connectivity index (χ3v) is 2.64. The van der Waals surface area contributed by atoms with Crippen molar-refractivity contribution < 1.29 is 9.47 Å². The maximum atomic E-state index is 7.23. The number of hydrogen-bond donors (Lipinski definition) is 2. The summed E-state index contributed by atoms with van der Waals surface area (Å²) >= 11 is 0. The first-order valence-electron chi connectivity index (χ1n) is 6.11. The Hall–Kier alpha value is -2.47. The van der Waals surface area contributed by atoms with E-state index in [2.05, 4.69) is 9.97 Å². The van der Waals surface area contributed by atoms with Gasteiger partial charge in [-0.1, -0.05) is 12.1 Å². The van der Waals surface area contributed by atoms with Crippen molar-refractivity contribution in [2.24, 2.45) is 5.73 Å². The summed E-state index contributed by atoms with van der Waals surface area (Å²) in [4.78, 5) is 8.02. The summed E-state index contributed by atoms with van der Waals surface area (Å²) in [6.45, 7) is 0.693. The molecule has 0 amide bonds. The highest BCUT2D eigenvalue weighted by Crippen LogP contribution is 2.19. The van der Waals surface area contributed by atoms with Crippen molar-refractivity contribution in [3.63, 3.8) is 0 Å². The number of amidine groups is 1. The first kappa shape index (κ1) is 14.0. The van der Waals surface area contributed by atoms with Gasteiger partial charge < -0.3 is 15.2 Å². The van der Waals surface area contributed by atoms with Gasteiger partial charge in [0.25, 0.3) is 0 Å². The Morgan fingerprint density at radius 2 is 1.95 bits per heavy atom. The van der Waals surface area contributed by atoms with Gasteiger partial charge in [0.2, 0.25) is 5.88 Å². The van der Waals surface area contributed by atoms with E-state index in [9.17, 15) is 0 Å². The van der Waals surface area contributed by atoms with Gasteiger partial charge in [0.15, 0.2) is 0 Å². The molecule has 1 aromatic heterocycles. The third kappa shape index (κ3) is 3.76. The van der Waals surface area contributed by atoms with Crippen LogP contribution < -0.4 is 10.5 Å². The van der Waals surface area contributed by atoms with Gasteiger partial charge in [-0.2, -0.15) is 0 Å². The molecule has 0 aliphatic heterocycles. The van der Waals surface area contributed by atoms with Crippen LogP contribution in [0, 0.1) is 5.41 Å². The Balaban J connectivity index is 2.00. The van der Waals surface area contributed by atoms with Crippen LogP contribution in [0.25, 0.3) is 0 Å². The second kappa shape index (κ2) is 6.63. The Kier molecular flexibility index (Phi) is 4.62. The van der Waals surface area contributed by atoms with Crippen LogP contribution in [0.3, 0.4) is 0 Å². The molecule has 0 bridgehead atoms. The summed E-state index contributed by atoms with van der Waals surface area (Å²) in [5, 5.41) is 7.23. The summed E-state index contributed by atoms with van der Waals surface area (Å²) in [6, 6.07) is 7.69. The molecule has 1 heterocycles. The number of ether oxygens (including phenoxy) is 2. The van der Waals surface area contributed by atoms with E-state index >= 15 is 0 Å². The molecule has 0 unspecified atom stereocenters. The fourth-order valence-electron chi connectivity index (χ4n) is 1.57.